The molecule has 1 aromatic heterocycles. The summed E-state index contributed by atoms with van der Waals surface area (Å²) in [5.41, 5.74) is 1.88. The van der Waals surface area contributed by atoms with Crippen LogP contribution in [0.4, 0.5) is 5.82 Å². The van der Waals surface area contributed by atoms with E-state index in [0.29, 0.717) is 17.1 Å². The van der Waals surface area contributed by atoms with Gasteiger partial charge >= 0.3 is 5.97 Å². The molecule has 0 saturated carbocycles. The fourth-order valence-electron chi connectivity index (χ4n) is 1.66. The summed E-state index contributed by atoms with van der Waals surface area (Å²) < 4.78 is 0. The van der Waals surface area contributed by atoms with E-state index in [0.717, 1.165) is 5.56 Å². The molecule has 0 radical (unpaired) electrons. The smallest absolute Gasteiger partial charge is 0.305 e. The zero-order valence-electron chi connectivity index (χ0n) is 11.6. The number of carbonyl (C=O) groups is 1. The zero-order chi connectivity index (χ0) is 14.6. The second-order valence-corrected chi connectivity index (χ2v) is 4.84. The number of nitrogens with zero attached hydrogens (tertiary/aromatic N) is 3. The number of carboxylic acid groups (broad SMARTS) is 1. The highest BCUT2D eigenvalue weighted by atomic mass is 16.4. The van der Waals surface area contributed by atoms with Crippen LogP contribution in [0, 0.1) is 31.1 Å². The number of aliphatic carboxylic acids is 1. The van der Waals surface area contributed by atoms with Crippen LogP contribution in [0.5, 0.6) is 0 Å². The van der Waals surface area contributed by atoms with Crippen molar-refractivity contribution >= 4 is 11.8 Å². The largest absolute Gasteiger partial charge is 0.481 e. The van der Waals surface area contributed by atoms with Gasteiger partial charge in [-0.1, -0.05) is 13.8 Å². The molecular formula is C13H18N4O2. The summed E-state index contributed by atoms with van der Waals surface area (Å²) in [5, 5.41) is 29.0. The van der Waals surface area contributed by atoms with Crippen LogP contribution in [-0.4, -0.2) is 27.3 Å². The second kappa shape index (κ2) is 6.14. The van der Waals surface area contributed by atoms with E-state index >= 15 is 0 Å². The van der Waals surface area contributed by atoms with Gasteiger partial charge in [0.25, 0.3) is 0 Å². The van der Waals surface area contributed by atoms with Gasteiger partial charge in [-0.15, -0.1) is 5.10 Å². The molecule has 0 aliphatic heterocycles. The van der Waals surface area contributed by atoms with Crippen molar-refractivity contribution in [2.75, 3.05) is 5.32 Å². The van der Waals surface area contributed by atoms with Crippen LogP contribution < -0.4 is 5.32 Å². The first kappa shape index (κ1) is 14.9. The average molecular weight is 262 g/mol. The number of hydrogen-bond donors (Lipinski definition) is 2. The maximum Gasteiger partial charge on any atom is 0.305 e. The van der Waals surface area contributed by atoms with Crippen molar-refractivity contribution < 1.29 is 9.90 Å². The van der Waals surface area contributed by atoms with E-state index in [1.54, 1.807) is 13.8 Å². The summed E-state index contributed by atoms with van der Waals surface area (Å²) >= 11 is 0. The Kier molecular flexibility index (Phi) is 4.81. The first-order chi connectivity index (χ1) is 8.86. The van der Waals surface area contributed by atoms with Crippen LogP contribution in [0.3, 0.4) is 0 Å². The molecule has 0 bridgehead atoms. The number of hydrogen-bond acceptors (Lipinski definition) is 5. The van der Waals surface area contributed by atoms with Gasteiger partial charge in [-0.3, -0.25) is 4.79 Å². The van der Waals surface area contributed by atoms with E-state index in [9.17, 15) is 10.1 Å². The minimum atomic E-state index is -0.887. The van der Waals surface area contributed by atoms with Gasteiger partial charge in [0.1, 0.15) is 11.6 Å². The van der Waals surface area contributed by atoms with Crippen LogP contribution in [-0.2, 0) is 4.79 Å². The number of aromatic nitrogens is 2. The van der Waals surface area contributed by atoms with Crippen LogP contribution in [0.25, 0.3) is 0 Å². The third-order valence-electron chi connectivity index (χ3n) is 3.09. The van der Waals surface area contributed by atoms with E-state index in [1.807, 2.05) is 13.8 Å². The molecule has 0 aliphatic carbocycles. The van der Waals surface area contributed by atoms with Gasteiger partial charge in [-0.05, 0) is 25.3 Å². The number of rotatable bonds is 5. The van der Waals surface area contributed by atoms with Gasteiger partial charge in [0.15, 0.2) is 5.82 Å². The van der Waals surface area contributed by atoms with Crippen LogP contribution >= 0.6 is 0 Å². The quantitative estimate of drug-likeness (QED) is 0.840. The molecule has 6 heteroatoms. The van der Waals surface area contributed by atoms with Crippen LogP contribution in [0.15, 0.2) is 0 Å². The minimum Gasteiger partial charge on any atom is -0.481 e. The summed E-state index contributed by atoms with van der Waals surface area (Å²) in [6.45, 7) is 7.42. The molecule has 19 heavy (non-hydrogen) atoms. The minimum absolute atomic E-state index is 0.0306. The summed E-state index contributed by atoms with van der Waals surface area (Å²) in [6.07, 6.45) is -0.0306. The maximum absolute atomic E-state index is 10.8. The predicted molar refractivity (Wildman–Crippen MR) is 70.7 cm³/mol. The Bertz CT molecular complexity index is 520. The monoisotopic (exact) mass is 262 g/mol. The predicted octanol–water partition coefficient (Wildman–Crippen LogP) is 1.88. The first-order valence-electron chi connectivity index (χ1n) is 6.09. The molecule has 0 saturated heterocycles. The Hall–Kier alpha value is -2.16. The fraction of sp³-hybridized carbons (Fsp3) is 0.538. The average Bonchev–Trinajstić information content (AvgIpc) is 2.32. The molecule has 0 aliphatic rings. The summed E-state index contributed by atoms with van der Waals surface area (Å²) in [6, 6.07) is 1.80. The van der Waals surface area contributed by atoms with Gasteiger partial charge in [0.05, 0.1) is 12.1 Å². The standard InChI is InChI=1S/C13H18N4O2/c1-7(2)11(5-12(18)19)15-13-10(6-14)8(3)9(4)16-17-13/h7,11H,5H2,1-4H3,(H,15,17)(H,18,19). The molecular weight excluding hydrogens is 244 g/mol. The van der Waals surface area contributed by atoms with Crippen molar-refractivity contribution in [1.29, 1.82) is 5.26 Å². The molecule has 0 fully saturated rings. The maximum atomic E-state index is 10.8. The molecule has 0 aromatic carbocycles. The molecule has 1 rings (SSSR count). The highest BCUT2D eigenvalue weighted by Crippen LogP contribution is 2.20. The third-order valence-corrected chi connectivity index (χ3v) is 3.09. The number of aryl methyl sites for hydroxylation is 1. The first-order valence-corrected chi connectivity index (χ1v) is 6.09. The molecule has 1 unspecified atom stereocenters. The van der Waals surface area contributed by atoms with E-state index in [4.69, 9.17) is 5.11 Å². The lowest BCUT2D eigenvalue weighted by Gasteiger charge is -2.21. The van der Waals surface area contributed by atoms with Gasteiger partial charge < -0.3 is 10.4 Å². The van der Waals surface area contributed by atoms with Crippen molar-refractivity contribution in [3.63, 3.8) is 0 Å². The summed E-state index contributed by atoms with van der Waals surface area (Å²) in [4.78, 5) is 10.8. The highest BCUT2D eigenvalue weighted by molar-refractivity contribution is 5.68. The van der Waals surface area contributed by atoms with Crippen molar-refractivity contribution in [1.82, 2.24) is 10.2 Å². The van der Waals surface area contributed by atoms with Crippen molar-refractivity contribution in [3.05, 3.63) is 16.8 Å². The van der Waals surface area contributed by atoms with Gasteiger partial charge in [-0.25, -0.2) is 0 Å². The Morgan fingerprint density at radius 3 is 2.53 bits per heavy atom. The van der Waals surface area contributed by atoms with E-state index in [2.05, 4.69) is 21.6 Å². The Balaban J connectivity index is 3.07. The lowest BCUT2D eigenvalue weighted by molar-refractivity contribution is -0.137. The van der Waals surface area contributed by atoms with E-state index in [1.165, 1.54) is 0 Å². The number of carboxylic acids is 1. The van der Waals surface area contributed by atoms with Gasteiger partial charge in [-0.2, -0.15) is 10.4 Å². The van der Waals surface area contributed by atoms with Crippen molar-refractivity contribution in [2.45, 2.75) is 40.2 Å². The van der Waals surface area contributed by atoms with Crippen LogP contribution in [0.1, 0.15) is 37.1 Å². The van der Waals surface area contributed by atoms with E-state index in [-0.39, 0.29) is 18.4 Å². The summed E-state index contributed by atoms with van der Waals surface area (Å²) in [7, 11) is 0. The van der Waals surface area contributed by atoms with Crippen molar-refractivity contribution in [2.24, 2.45) is 5.92 Å². The Morgan fingerprint density at radius 1 is 1.42 bits per heavy atom. The van der Waals surface area contributed by atoms with Crippen LogP contribution in [0.2, 0.25) is 0 Å². The number of anilines is 1. The molecule has 1 aromatic rings. The zero-order valence-corrected chi connectivity index (χ0v) is 11.6. The van der Waals surface area contributed by atoms with Gasteiger partial charge in [0.2, 0.25) is 0 Å². The highest BCUT2D eigenvalue weighted by Gasteiger charge is 2.20. The Morgan fingerprint density at radius 2 is 2.05 bits per heavy atom. The SMILES string of the molecule is Cc1nnc(NC(CC(=O)O)C(C)C)c(C#N)c1C. The lowest BCUT2D eigenvalue weighted by atomic mass is 10.0. The molecule has 6 nitrogen and oxygen atoms in total. The lowest BCUT2D eigenvalue weighted by Crippen LogP contribution is -2.29. The molecule has 1 atom stereocenters. The third kappa shape index (κ3) is 3.65. The topological polar surface area (TPSA) is 98.9 Å². The molecule has 0 spiro atoms. The molecule has 2 N–H and O–H groups in total. The van der Waals surface area contributed by atoms with Crippen molar-refractivity contribution in [3.8, 4) is 6.07 Å². The number of nitrogens with one attached hydrogen (secondary N) is 1. The normalized spacial score (nSPS) is 12.0. The molecule has 1 heterocycles. The van der Waals surface area contributed by atoms with Gasteiger partial charge in [0, 0.05) is 6.04 Å². The second-order valence-electron chi connectivity index (χ2n) is 4.84. The Labute approximate surface area is 112 Å². The van der Waals surface area contributed by atoms with E-state index < -0.39 is 5.97 Å². The summed E-state index contributed by atoms with van der Waals surface area (Å²) in [5.74, 6) is -0.432. The number of nitriles is 1. The molecule has 0 amide bonds. The fourth-order valence-corrected chi connectivity index (χ4v) is 1.66. The molecule has 102 valence electrons.